The maximum atomic E-state index is 13.7. The molecule has 2 heterocycles. The number of nitrogens with two attached hydrogens (primary N) is 1. The molecular weight excluding hydrogens is 351 g/mol. The predicted molar refractivity (Wildman–Crippen MR) is 113 cm³/mol. The third kappa shape index (κ3) is 4.57. The molecule has 1 aliphatic heterocycles. The number of piperidine rings is 1. The van der Waals surface area contributed by atoms with Crippen molar-refractivity contribution < 1.29 is 4.39 Å². The molecule has 1 saturated heterocycles. The standard InChI is InChI=1S/C23H35FN4/c24-19-8-9-22-21(16-19)26-23(10-13-25)28(22)20-11-14-27(15-12-20)17-18-6-4-2-1-3-5-7-18/h8-9,16,18,20H,1-7,10-15,17,25H2. The van der Waals surface area contributed by atoms with Crippen LogP contribution in [-0.4, -0.2) is 40.6 Å². The molecule has 2 aromatic rings. The quantitative estimate of drug-likeness (QED) is 0.812. The summed E-state index contributed by atoms with van der Waals surface area (Å²) >= 11 is 0. The molecule has 2 aliphatic rings. The maximum absolute atomic E-state index is 13.7. The third-order valence-corrected chi connectivity index (χ3v) is 6.76. The molecule has 5 heteroatoms. The van der Waals surface area contributed by atoms with E-state index in [1.165, 1.54) is 51.5 Å². The minimum absolute atomic E-state index is 0.217. The fourth-order valence-electron chi connectivity index (χ4n) is 5.28. The van der Waals surface area contributed by atoms with Crippen LogP contribution < -0.4 is 5.73 Å². The van der Waals surface area contributed by atoms with Gasteiger partial charge in [0.2, 0.25) is 0 Å². The van der Waals surface area contributed by atoms with Crippen LogP contribution in [0.2, 0.25) is 0 Å². The van der Waals surface area contributed by atoms with E-state index >= 15 is 0 Å². The summed E-state index contributed by atoms with van der Waals surface area (Å²) in [5.41, 5.74) is 7.65. The van der Waals surface area contributed by atoms with Crippen LogP contribution in [-0.2, 0) is 6.42 Å². The lowest BCUT2D eigenvalue weighted by Gasteiger charge is -2.36. The average Bonchev–Trinajstić information content (AvgIpc) is 3.02. The highest BCUT2D eigenvalue weighted by Crippen LogP contribution is 2.31. The van der Waals surface area contributed by atoms with Gasteiger partial charge in [0.15, 0.2) is 0 Å². The maximum Gasteiger partial charge on any atom is 0.125 e. The number of rotatable bonds is 5. The summed E-state index contributed by atoms with van der Waals surface area (Å²) in [6, 6.07) is 5.44. The van der Waals surface area contributed by atoms with Gasteiger partial charge in [0.1, 0.15) is 11.6 Å². The molecule has 154 valence electrons. The van der Waals surface area contributed by atoms with Crippen LogP contribution in [0.4, 0.5) is 4.39 Å². The molecule has 1 saturated carbocycles. The topological polar surface area (TPSA) is 47.1 Å². The van der Waals surface area contributed by atoms with Crippen molar-refractivity contribution in [2.24, 2.45) is 11.7 Å². The Labute approximate surface area is 168 Å². The number of likely N-dealkylation sites (tertiary alicyclic amines) is 1. The van der Waals surface area contributed by atoms with E-state index < -0.39 is 0 Å². The average molecular weight is 387 g/mol. The van der Waals surface area contributed by atoms with Crippen molar-refractivity contribution in [3.05, 3.63) is 29.8 Å². The van der Waals surface area contributed by atoms with Crippen molar-refractivity contribution in [1.29, 1.82) is 0 Å². The Bertz CT molecular complexity index is 755. The SMILES string of the molecule is NCCc1nc2cc(F)ccc2n1C1CCN(CC2CCCCCCC2)CC1. The number of fused-ring (bicyclic) bond motifs is 1. The first kappa shape index (κ1) is 19.8. The van der Waals surface area contributed by atoms with Gasteiger partial charge in [-0.3, -0.25) is 0 Å². The summed E-state index contributed by atoms with van der Waals surface area (Å²) < 4.78 is 16.0. The summed E-state index contributed by atoms with van der Waals surface area (Å²) in [5.74, 6) is 1.69. The Hall–Kier alpha value is -1.46. The highest BCUT2D eigenvalue weighted by molar-refractivity contribution is 5.76. The second-order valence-electron chi connectivity index (χ2n) is 8.81. The summed E-state index contributed by atoms with van der Waals surface area (Å²) in [4.78, 5) is 7.38. The van der Waals surface area contributed by atoms with Crippen LogP contribution >= 0.6 is 0 Å². The van der Waals surface area contributed by atoms with Gasteiger partial charge in [-0.25, -0.2) is 9.37 Å². The van der Waals surface area contributed by atoms with Gasteiger partial charge >= 0.3 is 0 Å². The van der Waals surface area contributed by atoms with Gasteiger partial charge < -0.3 is 15.2 Å². The lowest BCUT2D eigenvalue weighted by atomic mass is 9.90. The number of imidazole rings is 1. The number of aromatic nitrogens is 2. The number of benzene rings is 1. The van der Waals surface area contributed by atoms with Gasteiger partial charge in [-0.2, -0.15) is 0 Å². The van der Waals surface area contributed by atoms with Crippen LogP contribution in [0.3, 0.4) is 0 Å². The molecule has 0 spiro atoms. The Morgan fingerprint density at radius 2 is 1.71 bits per heavy atom. The molecule has 1 aromatic carbocycles. The van der Waals surface area contributed by atoms with Crippen LogP contribution in [0, 0.1) is 11.7 Å². The molecule has 0 amide bonds. The van der Waals surface area contributed by atoms with Crippen LogP contribution in [0.5, 0.6) is 0 Å². The lowest BCUT2D eigenvalue weighted by Crippen LogP contribution is -2.38. The van der Waals surface area contributed by atoms with E-state index in [0.717, 1.165) is 55.1 Å². The smallest absolute Gasteiger partial charge is 0.125 e. The number of hydrogen-bond donors (Lipinski definition) is 1. The van der Waals surface area contributed by atoms with Crippen molar-refractivity contribution in [3.63, 3.8) is 0 Å². The fraction of sp³-hybridized carbons (Fsp3) is 0.696. The molecular formula is C23H35FN4. The largest absolute Gasteiger partial charge is 0.330 e. The molecule has 28 heavy (non-hydrogen) atoms. The minimum atomic E-state index is -0.217. The first-order chi connectivity index (χ1) is 13.7. The molecule has 0 unspecified atom stereocenters. The van der Waals surface area contributed by atoms with Gasteiger partial charge in [0.05, 0.1) is 11.0 Å². The normalized spacial score (nSPS) is 21.1. The van der Waals surface area contributed by atoms with Gasteiger partial charge in [-0.15, -0.1) is 0 Å². The predicted octanol–water partition coefficient (Wildman–Crippen LogP) is 4.67. The lowest BCUT2D eigenvalue weighted by molar-refractivity contribution is 0.152. The summed E-state index contributed by atoms with van der Waals surface area (Å²) in [7, 11) is 0. The zero-order valence-electron chi connectivity index (χ0n) is 17.1. The molecule has 2 N–H and O–H groups in total. The summed E-state index contributed by atoms with van der Waals surface area (Å²) in [6.07, 6.45) is 13.0. The monoisotopic (exact) mass is 386 g/mol. The van der Waals surface area contributed by atoms with E-state index in [2.05, 4.69) is 9.47 Å². The molecule has 0 atom stereocenters. The summed E-state index contributed by atoms with van der Waals surface area (Å²) in [5, 5.41) is 0. The van der Waals surface area contributed by atoms with E-state index in [9.17, 15) is 4.39 Å². The molecule has 1 aromatic heterocycles. The fourth-order valence-corrected chi connectivity index (χ4v) is 5.28. The van der Waals surface area contributed by atoms with E-state index in [4.69, 9.17) is 10.7 Å². The highest BCUT2D eigenvalue weighted by atomic mass is 19.1. The molecule has 4 nitrogen and oxygen atoms in total. The molecule has 0 radical (unpaired) electrons. The minimum Gasteiger partial charge on any atom is -0.330 e. The Kier molecular flexibility index (Phi) is 6.63. The Balaban J connectivity index is 1.42. The van der Waals surface area contributed by atoms with Gasteiger partial charge in [-0.1, -0.05) is 32.1 Å². The number of nitrogens with zero attached hydrogens (tertiary/aromatic N) is 3. The van der Waals surface area contributed by atoms with Gasteiger partial charge in [0, 0.05) is 38.2 Å². The summed E-state index contributed by atoms with van der Waals surface area (Å²) in [6.45, 7) is 4.17. The highest BCUT2D eigenvalue weighted by Gasteiger charge is 2.26. The van der Waals surface area contributed by atoms with Crippen molar-refractivity contribution in [2.75, 3.05) is 26.2 Å². The van der Waals surface area contributed by atoms with Crippen molar-refractivity contribution in [1.82, 2.24) is 14.5 Å². The zero-order valence-corrected chi connectivity index (χ0v) is 17.1. The third-order valence-electron chi connectivity index (χ3n) is 6.76. The van der Waals surface area contributed by atoms with Crippen molar-refractivity contribution in [2.45, 2.75) is 70.3 Å². The number of hydrogen-bond acceptors (Lipinski definition) is 3. The molecule has 0 bridgehead atoms. The van der Waals surface area contributed by atoms with Crippen LogP contribution in [0.15, 0.2) is 18.2 Å². The first-order valence-electron chi connectivity index (χ1n) is 11.3. The van der Waals surface area contributed by atoms with E-state index in [1.807, 2.05) is 6.07 Å². The van der Waals surface area contributed by atoms with Crippen molar-refractivity contribution in [3.8, 4) is 0 Å². The Morgan fingerprint density at radius 1 is 1.00 bits per heavy atom. The van der Waals surface area contributed by atoms with E-state index in [-0.39, 0.29) is 5.82 Å². The van der Waals surface area contributed by atoms with E-state index in [0.29, 0.717) is 12.6 Å². The molecule has 2 fully saturated rings. The second-order valence-corrected chi connectivity index (χ2v) is 8.81. The number of halogens is 1. The molecule has 4 rings (SSSR count). The molecule has 1 aliphatic carbocycles. The Morgan fingerprint density at radius 3 is 2.43 bits per heavy atom. The second kappa shape index (κ2) is 9.36. The zero-order chi connectivity index (χ0) is 19.3. The van der Waals surface area contributed by atoms with Gasteiger partial charge in [-0.05, 0) is 50.3 Å². The van der Waals surface area contributed by atoms with Crippen LogP contribution in [0.25, 0.3) is 11.0 Å². The van der Waals surface area contributed by atoms with Gasteiger partial charge in [0.25, 0.3) is 0 Å². The van der Waals surface area contributed by atoms with Crippen LogP contribution in [0.1, 0.15) is 69.7 Å². The van der Waals surface area contributed by atoms with Crippen molar-refractivity contribution >= 4 is 11.0 Å². The first-order valence-corrected chi connectivity index (χ1v) is 11.3. The van der Waals surface area contributed by atoms with E-state index in [1.54, 1.807) is 12.1 Å².